The van der Waals surface area contributed by atoms with Crippen LogP contribution in [0.15, 0.2) is 17.7 Å². The van der Waals surface area contributed by atoms with Crippen LogP contribution in [0.2, 0.25) is 0 Å². The molecule has 0 spiro atoms. The van der Waals surface area contributed by atoms with Gasteiger partial charge in [-0.1, -0.05) is 41.5 Å². The zero-order chi connectivity index (χ0) is 18.1. The first-order chi connectivity index (χ1) is 10.9. The maximum atomic E-state index is 13.0. The Balaban J connectivity index is 2.11. The summed E-state index contributed by atoms with van der Waals surface area (Å²) in [6.07, 6.45) is 4.19. The molecule has 2 atom stereocenters. The number of fused-ring (bicyclic) bond motifs is 2. The predicted molar refractivity (Wildman–Crippen MR) is 99.1 cm³/mol. The van der Waals surface area contributed by atoms with Crippen LogP contribution in [-0.2, 0) is 10.2 Å². The van der Waals surface area contributed by atoms with Crippen molar-refractivity contribution in [1.29, 1.82) is 0 Å². The van der Waals surface area contributed by atoms with Crippen LogP contribution >= 0.6 is 0 Å². The Kier molecular flexibility index (Phi) is 3.57. The van der Waals surface area contributed by atoms with E-state index in [1.807, 2.05) is 19.1 Å². The normalized spacial score (nSPS) is 30.4. The van der Waals surface area contributed by atoms with Gasteiger partial charge in [-0.2, -0.15) is 0 Å². The van der Waals surface area contributed by atoms with Crippen molar-refractivity contribution < 1.29 is 9.90 Å². The Labute approximate surface area is 146 Å². The molecule has 2 heteroatoms. The average molecular weight is 326 g/mol. The van der Waals surface area contributed by atoms with Gasteiger partial charge in [-0.05, 0) is 71.4 Å². The second-order valence-corrected chi connectivity index (χ2v) is 9.56. The van der Waals surface area contributed by atoms with E-state index in [0.717, 1.165) is 35.1 Å². The lowest BCUT2D eigenvalue weighted by Gasteiger charge is -2.31. The van der Waals surface area contributed by atoms with Crippen LogP contribution < -0.4 is 0 Å². The molecule has 2 unspecified atom stereocenters. The third-order valence-corrected chi connectivity index (χ3v) is 6.82. The smallest absolute Gasteiger partial charge is 0.165 e. The second-order valence-electron chi connectivity index (χ2n) is 9.56. The molecule has 2 nitrogen and oxygen atoms in total. The van der Waals surface area contributed by atoms with Crippen LogP contribution in [0, 0.1) is 23.7 Å². The summed E-state index contributed by atoms with van der Waals surface area (Å²) in [5, 5.41) is 10.4. The van der Waals surface area contributed by atoms with E-state index in [2.05, 4.69) is 47.6 Å². The number of carbonyl (C=O) groups excluding carboxylic acids is 1. The molecule has 130 valence electrons. The number of allylic oxidation sites excluding steroid dienone is 1. The van der Waals surface area contributed by atoms with E-state index in [-0.39, 0.29) is 16.2 Å². The molecule has 2 bridgehead atoms. The first kappa shape index (κ1) is 17.3. The van der Waals surface area contributed by atoms with Crippen molar-refractivity contribution in [2.24, 2.45) is 16.7 Å². The van der Waals surface area contributed by atoms with E-state index < -0.39 is 0 Å². The van der Waals surface area contributed by atoms with Gasteiger partial charge in [0.1, 0.15) is 5.75 Å². The van der Waals surface area contributed by atoms with Crippen LogP contribution in [0.3, 0.4) is 0 Å². The van der Waals surface area contributed by atoms with Gasteiger partial charge >= 0.3 is 0 Å². The minimum Gasteiger partial charge on any atom is -0.507 e. The summed E-state index contributed by atoms with van der Waals surface area (Å²) in [6.45, 7) is 14.9. The molecule has 24 heavy (non-hydrogen) atoms. The maximum Gasteiger partial charge on any atom is 0.165 e. The van der Waals surface area contributed by atoms with Crippen molar-refractivity contribution >= 4 is 11.9 Å². The lowest BCUT2D eigenvalue weighted by Crippen LogP contribution is -2.32. The highest BCUT2D eigenvalue weighted by Gasteiger charge is 2.63. The Hall–Kier alpha value is -1.57. The Bertz CT molecular complexity index is 746. The summed E-state index contributed by atoms with van der Waals surface area (Å²) in [7, 11) is 0. The number of phenolic OH excluding ortho intramolecular Hbond substituents is 1. The Morgan fingerprint density at radius 3 is 2.33 bits per heavy atom. The number of rotatable bonds is 1. The van der Waals surface area contributed by atoms with Gasteiger partial charge in [-0.25, -0.2) is 0 Å². The molecule has 0 aliphatic heterocycles. The van der Waals surface area contributed by atoms with E-state index in [1.54, 1.807) is 0 Å². The van der Waals surface area contributed by atoms with E-state index in [1.165, 1.54) is 0 Å². The van der Waals surface area contributed by atoms with Crippen LogP contribution in [0.5, 0.6) is 5.75 Å². The number of Topliss-reactive ketones (excluding diaryl/α,β-unsaturated/α-hetero) is 1. The summed E-state index contributed by atoms with van der Waals surface area (Å²) < 4.78 is 0. The first-order valence-electron chi connectivity index (χ1n) is 9.00. The van der Waals surface area contributed by atoms with Crippen molar-refractivity contribution in [2.75, 3.05) is 0 Å². The van der Waals surface area contributed by atoms with Gasteiger partial charge in [0.15, 0.2) is 5.78 Å². The summed E-state index contributed by atoms with van der Waals surface area (Å²) in [4.78, 5) is 13.0. The van der Waals surface area contributed by atoms with Crippen LogP contribution in [0.1, 0.15) is 71.1 Å². The summed E-state index contributed by atoms with van der Waals surface area (Å²) in [5.74, 6) is 1.05. The minimum atomic E-state index is -0.220. The molecule has 1 N–H and O–H groups in total. The zero-order valence-corrected chi connectivity index (χ0v) is 16.1. The van der Waals surface area contributed by atoms with Gasteiger partial charge in [0.05, 0.1) is 0 Å². The fraction of sp³-hybridized carbons (Fsp3) is 0.591. The number of ketones is 1. The van der Waals surface area contributed by atoms with Crippen molar-refractivity contribution in [3.05, 3.63) is 34.4 Å². The standard InChI is InChI=1S/C22H30O2/c1-13-10-14(12-17(18(13)23)20(2,3)4)11-15-16-8-9-22(7,19(15)24)21(16,5)6/h10-12,16,23H,8-9H2,1-7H3. The largest absolute Gasteiger partial charge is 0.507 e. The van der Waals surface area contributed by atoms with Gasteiger partial charge in [-0.15, -0.1) is 0 Å². The molecule has 0 heterocycles. The molecule has 0 saturated heterocycles. The minimum absolute atomic E-state index is 0.0364. The molecule has 1 aromatic rings. The molecular formula is C22H30O2. The van der Waals surface area contributed by atoms with E-state index in [0.29, 0.717) is 17.5 Å². The third-order valence-electron chi connectivity index (χ3n) is 6.82. The Morgan fingerprint density at radius 1 is 1.21 bits per heavy atom. The predicted octanol–water partition coefficient (Wildman–Crippen LogP) is 5.41. The SMILES string of the molecule is Cc1cc(C=C2C(=O)C3(C)CCC2C3(C)C)cc(C(C)(C)C)c1O. The van der Waals surface area contributed by atoms with E-state index in [9.17, 15) is 9.90 Å². The molecule has 0 radical (unpaired) electrons. The van der Waals surface area contributed by atoms with E-state index in [4.69, 9.17) is 0 Å². The van der Waals surface area contributed by atoms with E-state index >= 15 is 0 Å². The van der Waals surface area contributed by atoms with Gasteiger partial charge in [0, 0.05) is 11.0 Å². The molecule has 1 aromatic carbocycles. The van der Waals surface area contributed by atoms with Crippen molar-refractivity contribution in [3.8, 4) is 5.75 Å². The summed E-state index contributed by atoms with van der Waals surface area (Å²) in [5.41, 5.74) is 3.51. The van der Waals surface area contributed by atoms with Gasteiger partial charge in [0.25, 0.3) is 0 Å². The lowest BCUT2D eigenvalue weighted by molar-refractivity contribution is -0.125. The zero-order valence-electron chi connectivity index (χ0n) is 16.1. The number of carbonyl (C=O) groups is 1. The van der Waals surface area contributed by atoms with Crippen LogP contribution in [0.25, 0.3) is 6.08 Å². The molecular weight excluding hydrogens is 296 g/mol. The fourth-order valence-electron chi connectivity index (χ4n) is 4.74. The molecule has 0 amide bonds. The highest BCUT2D eigenvalue weighted by atomic mass is 16.3. The monoisotopic (exact) mass is 326 g/mol. The number of aryl methyl sites for hydroxylation is 1. The van der Waals surface area contributed by atoms with Crippen LogP contribution in [0.4, 0.5) is 0 Å². The number of phenols is 1. The Morgan fingerprint density at radius 2 is 1.83 bits per heavy atom. The van der Waals surface area contributed by atoms with Crippen molar-refractivity contribution in [2.45, 2.75) is 66.7 Å². The summed E-state index contributed by atoms with van der Waals surface area (Å²) >= 11 is 0. The molecule has 3 rings (SSSR count). The van der Waals surface area contributed by atoms with Crippen LogP contribution in [-0.4, -0.2) is 10.9 Å². The number of hydrogen-bond donors (Lipinski definition) is 1. The lowest BCUT2D eigenvalue weighted by atomic mass is 9.70. The number of hydrogen-bond acceptors (Lipinski definition) is 2. The maximum absolute atomic E-state index is 13.0. The number of benzene rings is 1. The first-order valence-corrected chi connectivity index (χ1v) is 9.00. The highest BCUT2D eigenvalue weighted by molar-refractivity contribution is 6.08. The molecule has 2 aliphatic carbocycles. The quantitative estimate of drug-likeness (QED) is 0.701. The van der Waals surface area contributed by atoms with Crippen molar-refractivity contribution in [1.82, 2.24) is 0 Å². The van der Waals surface area contributed by atoms with Gasteiger partial charge < -0.3 is 5.11 Å². The van der Waals surface area contributed by atoms with Gasteiger partial charge in [-0.3, -0.25) is 4.79 Å². The molecule has 2 aliphatic rings. The fourth-order valence-corrected chi connectivity index (χ4v) is 4.74. The average Bonchev–Trinajstić information content (AvgIpc) is 2.75. The molecule has 2 saturated carbocycles. The highest BCUT2D eigenvalue weighted by Crippen LogP contribution is 2.65. The van der Waals surface area contributed by atoms with Gasteiger partial charge in [0.2, 0.25) is 0 Å². The molecule has 2 fully saturated rings. The van der Waals surface area contributed by atoms with Crippen molar-refractivity contribution in [3.63, 3.8) is 0 Å². The molecule has 0 aromatic heterocycles. The second kappa shape index (κ2) is 4.97. The number of aromatic hydroxyl groups is 1. The topological polar surface area (TPSA) is 37.3 Å². The third kappa shape index (κ3) is 2.18. The summed E-state index contributed by atoms with van der Waals surface area (Å²) in [6, 6.07) is 4.04.